The Hall–Kier alpha value is -3.33. The van der Waals surface area contributed by atoms with Crippen molar-refractivity contribution in [2.75, 3.05) is 51.4 Å². The molecule has 2 saturated carbocycles. The maximum absolute atomic E-state index is 14.4. The van der Waals surface area contributed by atoms with Gasteiger partial charge in [0.2, 0.25) is 17.7 Å². The van der Waals surface area contributed by atoms with E-state index in [0.717, 1.165) is 25.3 Å². The fourth-order valence-electron chi connectivity index (χ4n) is 11.7. The molecule has 0 spiro atoms. The van der Waals surface area contributed by atoms with E-state index >= 15 is 0 Å². The summed E-state index contributed by atoms with van der Waals surface area (Å²) in [4.78, 5) is 106. The van der Waals surface area contributed by atoms with E-state index in [4.69, 9.17) is 37.9 Å². The Labute approximate surface area is 670 Å². The SMILES string of the molecule is C[C@@H]1O[C@@H](OC2[C@@H](NC(=O)c3cc(=O)[nH]c(=O)[nH]3)C[C@@H](C(=O)NCCNC(=O)COCCOCC(=O)Nc3cc(S(=O)(=O)[O-])cc4cc(S(=O)(=O)[O-])cc(S(=O)(=O)[O-])c34)C[C@H]2O[C@@H]2O[C@H](CO)[C@H](O)[C@H](O[C@@H](CC3CCCCC3)C(=O)[O-])[C@H]2OC(=O)c2ccccc2)[C@@H](O)[C@H](O)[C@@H]1O.[Na+].[Na+].[Na+].[Na+]. The van der Waals surface area contributed by atoms with Crippen LogP contribution in [0.4, 0.5) is 5.69 Å². The molecule has 4 aromatic rings. The summed E-state index contributed by atoms with van der Waals surface area (Å²) in [7, 11) is -16.5. The molecule has 2 aliphatic heterocycles. The molecule has 2 saturated heterocycles. The second kappa shape index (κ2) is 40.7. The van der Waals surface area contributed by atoms with Gasteiger partial charge >= 0.3 is 130 Å². The number of nitrogens with one attached hydrogen (secondary N) is 6. The minimum absolute atomic E-state index is 0. The summed E-state index contributed by atoms with van der Waals surface area (Å²) in [6, 6.07) is 8.09. The number of fused-ring (bicyclic) bond motifs is 1. The molecule has 4 aliphatic rings. The molecule has 3 heterocycles. The Morgan fingerprint density at radius 1 is 0.686 bits per heavy atom. The number of hydrogen-bond acceptors (Lipinski definition) is 31. The molecular weight excluding hydrogens is 1460 g/mol. The standard InChI is InChI=1S/C58H74N6O31S3.4Na/c1-27-45(69)47(71)48(72)56(90-27)95-49-35(62-53(74)36-23-41(66)64-58(78)63-36)19-31(20-37(49)92-57-51(94-55(77)29-10-6-3-7-11-29)50(46(70)39(24-65)93-57)91-38(54(75)76)16-28-8-4-2-5-9-28)52(73)60-13-12-59-42(67)25-88-14-15-89-26-43(68)61-34-21-32(96(79,80)81)17-30-18-33(97(82,83)84)22-40(44(30)34)98(85,86)87;;;;/h3,6-7,10-11,17-18,21-23,27-28,31,35,37-39,45-51,56-57,65,69-72H,2,4-5,8-9,12-16,19-20,24-26H2,1H3,(H,59,67)(H,60,73)(H,61,68)(H,62,74)(H,75,76)(H,79,80,81)(H,82,83,84)(H,85,86,87)(H2,63,64,66,78);;;;/q;4*+1/p-4/t27-,31+,35-,37+,38-,39+,45+,46-,47+,48-,49?,50-,51+,56-,57+;;;;/m0..../s1. The second-order valence-corrected chi connectivity index (χ2v) is 27.6. The minimum atomic E-state index is -5.65. The van der Waals surface area contributed by atoms with Gasteiger partial charge < -0.3 is 113 Å². The number of aliphatic carboxylic acids is 1. The molecule has 11 N–H and O–H groups in total. The second-order valence-electron chi connectivity index (χ2n) is 23.5. The molecular formula is C58H70N6Na4O31S3. The van der Waals surface area contributed by atoms with E-state index in [2.05, 4.69) is 26.3 Å². The molecule has 0 radical (unpaired) electrons. The topological polar surface area (TPSA) is 586 Å². The van der Waals surface area contributed by atoms with E-state index in [1.807, 2.05) is 4.98 Å². The Balaban J connectivity index is 0.00000551. The molecule has 3 aromatic carbocycles. The molecule has 540 valence electrons. The normalized spacial score (nSPS) is 25.7. The van der Waals surface area contributed by atoms with E-state index in [9.17, 15) is 108 Å². The summed E-state index contributed by atoms with van der Waals surface area (Å²) in [6.07, 6.45) is -20.8. The van der Waals surface area contributed by atoms with Crippen LogP contribution >= 0.6 is 0 Å². The maximum Gasteiger partial charge on any atom is 1.00 e. The fourth-order valence-corrected chi connectivity index (χ4v) is 13.6. The summed E-state index contributed by atoms with van der Waals surface area (Å²) in [5, 5.41) is 76.4. The van der Waals surface area contributed by atoms with Crippen LogP contribution in [0.1, 0.15) is 79.1 Å². The zero-order valence-corrected chi connectivity index (χ0v) is 66.1. The number of carbonyl (C=O) groups excluding carboxylic acids is 6. The Bertz CT molecular complexity index is 4000. The van der Waals surface area contributed by atoms with Crippen molar-refractivity contribution < 1.29 is 254 Å². The van der Waals surface area contributed by atoms with Crippen LogP contribution in [-0.2, 0) is 87.4 Å². The minimum Gasteiger partial charge on any atom is -0.744 e. The number of carboxylic acid groups (broad SMARTS) is 1. The van der Waals surface area contributed by atoms with Crippen LogP contribution in [0.25, 0.3) is 10.8 Å². The number of aromatic nitrogens is 2. The number of rotatable bonds is 29. The van der Waals surface area contributed by atoms with Crippen molar-refractivity contribution in [2.45, 2.75) is 159 Å². The number of carbonyl (C=O) groups is 6. The Morgan fingerprint density at radius 3 is 1.90 bits per heavy atom. The quantitative estimate of drug-likeness (QED) is 0.0104. The molecule has 2 aliphatic carbocycles. The monoisotopic (exact) mass is 1530 g/mol. The molecule has 0 bridgehead atoms. The fraction of sp³-hybridized carbons (Fsp3) is 0.552. The number of ether oxygens (including phenoxy) is 8. The zero-order chi connectivity index (χ0) is 71.6. The summed E-state index contributed by atoms with van der Waals surface area (Å²) in [6.45, 7) is -2.66. The Kier molecular flexibility index (Phi) is 36.4. The van der Waals surface area contributed by atoms with E-state index in [0.29, 0.717) is 31.0 Å². The number of aliphatic hydroxyl groups is 5. The van der Waals surface area contributed by atoms with Crippen LogP contribution in [0.15, 0.2) is 84.9 Å². The predicted molar refractivity (Wildman–Crippen MR) is 320 cm³/mol. The number of esters is 1. The van der Waals surface area contributed by atoms with Crippen molar-refractivity contribution in [3.63, 3.8) is 0 Å². The van der Waals surface area contributed by atoms with Crippen molar-refractivity contribution >= 4 is 82.4 Å². The van der Waals surface area contributed by atoms with Crippen LogP contribution in [0, 0.1) is 11.8 Å². The number of amides is 4. The van der Waals surface area contributed by atoms with Gasteiger partial charge in [-0.05, 0) is 73.9 Å². The average Bonchev–Trinajstić information content (AvgIpc) is 0.755. The molecule has 4 amide bonds. The maximum atomic E-state index is 14.4. The molecule has 4 fully saturated rings. The number of aromatic amines is 2. The molecule has 15 atom stereocenters. The first-order valence-corrected chi connectivity index (χ1v) is 34.6. The van der Waals surface area contributed by atoms with Gasteiger partial charge in [0.1, 0.15) is 92.0 Å². The van der Waals surface area contributed by atoms with Crippen molar-refractivity contribution in [1.82, 2.24) is 25.9 Å². The average molecular weight is 1540 g/mol. The van der Waals surface area contributed by atoms with Crippen LogP contribution in [-0.4, -0.2) is 242 Å². The number of hydrogen-bond donors (Lipinski definition) is 11. The van der Waals surface area contributed by atoms with Gasteiger partial charge in [0.25, 0.3) is 11.5 Å². The van der Waals surface area contributed by atoms with Gasteiger partial charge in [-0.15, -0.1) is 0 Å². The predicted octanol–water partition coefficient (Wildman–Crippen LogP) is -17.3. The number of carboxylic acids is 1. The molecule has 8 rings (SSSR count). The summed E-state index contributed by atoms with van der Waals surface area (Å²) >= 11 is 0. The van der Waals surface area contributed by atoms with Crippen molar-refractivity contribution in [2.24, 2.45) is 11.8 Å². The zero-order valence-electron chi connectivity index (χ0n) is 55.7. The smallest absolute Gasteiger partial charge is 0.744 e. The summed E-state index contributed by atoms with van der Waals surface area (Å²) in [5.74, 6) is -8.18. The van der Waals surface area contributed by atoms with Crippen molar-refractivity contribution in [3.05, 3.63) is 92.8 Å². The largest absolute Gasteiger partial charge is 1.00 e. The van der Waals surface area contributed by atoms with Crippen LogP contribution in [0.3, 0.4) is 0 Å². The molecule has 44 heteroatoms. The Morgan fingerprint density at radius 2 is 1.30 bits per heavy atom. The van der Waals surface area contributed by atoms with Crippen LogP contribution in [0.2, 0.25) is 0 Å². The molecule has 1 unspecified atom stereocenters. The van der Waals surface area contributed by atoms with E-state index < -0.39 is 245 Å². The first-order chi connectivity index (χ1) is 46.2. The number of aliphatic hydroxyl groups excluding tert-OH is 5. The van der Waals surface area contributed by atoms with Gasteiger partial charge in [-0.2, -0.15) is 0 Å². The number of H-pyrrole nitrogens is 2. The first kappa shape index (κ1) is 91.1. The molecule has 37 nitrogen and oxygen atoms in total. The number of benzene rings is 3. The number of anilines is 1. The molecule has 102 heavy (non-hydrogen) atoms. The third-order valence-electron chi connectivity index (χ3n) is 16.5. The summed E-state index contributed by atoms with van der Waals surface area (Å²) in [5.41, 5.74) is -3.59. The van der Waals surface area contributed by atoms with E-state index in [-0.39, 0.29) is 162 Å². The molecule has 1 aromatic heterocycles. The van der Waals surface area contributed by atoms with Crippen molar-refractivity contribution in [1.29, 1.82) is 0 Å². The van der Waals surface area contributed by atoms with Gasteiger partial charge in [0.05, 0.1) is 76.1 Å². The van der Waals surface area contributed by atoms with Gasteiger partial charge in [0, 0.05) is 30.5 Å². The van der Waals surface area contributed by atoms with Gasteiger partial charge in [-0.25, -0.2) is 34.8 Å². The summed E-state index contributed by atoms with van der Waals surface area (Å²) < 4.78 is 155. The van der Waals surface area contributed by atoms with E-state index in [1.54, 1.807) is 6.07 Å². The van der Waals surface area contributed by atoms with Gasteiger partial charge in [0.15, 0.2) is 18.7 Å². The van der Waals surface area contributed by atoms with Gasteiger partial charge in [-0.1, -0.05) is 50.3 Å². The van der Waals surface area contributed by atoms with E-state index in [1.165, 1.54) is 31.2 Å². The van der Waals surface area contributed by atoms with Crippen LogP contribution in [0.5, 0.6) is 0 Å². The van der Waals surface area contributed by atoms with Crippen LogP contribution < -0.4 is 156 Å². The third-order valence-corrected chi connectivity index (χ3v) is 19.0. The van der Waals surface area contributed by atoms with Gasteiger partial charge in [-0.3, -0.25) is 29.0 Å². The first-order valence-electron chi connectivity index (χ1n) is 30.4. The van der Waals surface area contributed by atoms with Crippen molar-refractivity contribution in [3.8, 4) is 0 Å². The third kappa shape index (κ3) is 24.9.